The third kappa shape index (κ3) is 11.1. The van der Waals surface area contributed by atoms with Crippen LogP contribution < -0.4 is 16.0 Å². The first kappa shape index (κ1) is 24.3. The molecule has 0 aliphatic carbocycles. The van der Waals surface area contributed by atoms with Gasteiger partial charge in [0.1, 0.15) is 0 Å². The highest BCUT2D eigenvalue weighted by atomic mass is 127. The van der Waals surface area contributed by atoms with E-state index in [-0.39, 0.29) is 29.7 Å². The Balaban J connectivity index is 0.00000625. The van der Waals surface area contributed by atoms with Crippen LogP contribution in [0.5, 0.6) is 0 Å². The minimum atomic E-state index is -0.413. The Morgan fingerprint density at radius 3 is 2.42 bits per heavy atom. The lowest BCUT2D eigenvalue weighted by atomic mass is 10.3. The van der Waals surface area contributed by atoms with Crippen molar-refractivity contribution in [2.24, 2.45) is 4.99 Å². The van der Waals surface area contributed by atoms with Crippen LogP contribution in [0.15, 0.2) is 29.3 Å². The standard InChI is InChI=1S/C16H27N5O4.HI/c1-17-16(19-8-3-11-25-13-12-24-2)20-10-9-18-14-4-6-15(7-5-14)21(22)23;/h4-7,18H,3,8-13H2,1-2H3,(H2,17,19,20);1H. The molecule has 0 atom stereocenters. The molecular weight excluding hydrogens is 453 g/mol. The number of guanidine groups is 1. The highest BCUT2D eigenvalue weighted by molar-refractivity contribution is 14.0. The summed E-state index contributed by atoms with van der Waals surface area (Å²) in [6.07, 6.45) is 0.880. The Hall–Kier alpha value is -1.66. The molecule has 0 bridgehead atoms. The summed E-state index contributed by atoms with van der Waals surface area (Å²) >= 11 is 0. The minimum Gasteiger partial charge on any atom is -0.383 e. The van der Waals surface area contributed by atoms with Gasteiger partial charge in [0.25, 0.3) is 5.69 Å². The summed E-state index contributed by atoms with van der Waals surface area (Å²) in [6, 6.07) is 6.33. The van der Waals surface area contributed by atoms with Crippen LogP contribution >= 0.6 is 24.0 Å². The molecule has 1 rings (SSSR count). The van der Waals surface area contributed by atoms with Gasteiger partial charge in [0.05, 0.1) is 18.1 Å². The van der Waals surface area contributed by atoms with Gasteiger partial charge in [-0.15, -0.1) is 24.0 Å². The lowest BCUT2D eigenvalue weighted by molar-refractivity contribution is -0.384. The number of nitrogens with one attached hydrogen (secondary N) is 3. The zero-order valence-electron chi connectivity index (χ0n) is 15.2. The fraction of sp³-hybridized carbons (Fsp3) is 0.562. The second-order valence-corrected chi connectivity index (χ2v) is 5.12. The van der Waals surface area contributed by atoms with Crippen molar-refractivity contribution in [3.8, 4) is 0 Å². The molecule has 148 valence electrons. The molecule has 0 radical (unpaired) electrons. The molecule has 0 aromatic heterocycles. The van der Waals surface area contributed by atoms with Gasteiger partial charge >= 0.3 is 0 Å². The maximum atomic E-state index is 10.6. The number of non-ortho nitro benzene ring substituents is 1. The number of anilines is 1. The van der Waals surface area contributed by atoms with Crippen LogP contribution in [0, 0.1) is 10.1 Å². The molecule has 1 aromatic carbocycles. The van der Waals surface area contributed by atoms with Crippen LogP contribution in [0.3, 0.4) is 0 Å². The largest absolute Gasteiger partial charge is 0.383 e. The maximum Gasteiger partial charge on any atom is 0.269 e. The average molecular weight is 481 g/mol. The van der Waals surface area contributed by atoms with Gasteiger partial charge in [-0.1, -0.05) is 0 Å². The quantitative estimate of drug-likeness (QED) is 0.104. The number of ether oxygens (including phenoxy) is 2. The van der Waals surface area contributed by atoms with E-state index in [9.17, 15) is 10.1 Å². The molecule has 0 fully saturated rings. The summed E-state index contributed by atoms with van der Waals surface area (Å²) in [7, 11) is 3.37. The SMILES string of the molecule is CN=C(NCCCOCCOC)NCCNc1ccc([N+](=O)[O-])cc1.I. The first-order valence-corrected chi connectivity index (χ1v) is 8.17. The van der Waals surface area contributed by atoms with Crippen LogP contribution in [0.25, 0.3) is 0 Å². The summed E-state index contributed by atoms with van der Waals surface area (Å²) in [5.74, 6) is 0.724. The third-order valence-corrected chi connectivity index (χ3v) is 3.24. The zero-order valence-corrected chi connectivity index (χ0v) is 17.5. The molecule has 0 aliphatic rings. The van der Waals surface area contributed by atoms with E-state index in [0.717, 1.165) is 24.6 Å². The maximum absolute atomic E-state index is 10.6. The smallest absolute Gasteiger partial charge is 0.269 e. The van der Waals surface area contributed by atoms with Crippen molar-refractivity contribution in [1.82, 2.24) is 10.6 Å². The molecule has 0 heterocycles. The van der Waals surface area contributed by atoms with Gasteiger partial charge in [-0.2, -0.15) is 0 Å². The number of nitrogens with zero attached hydrogens (tertiary/aromatic N) is 2. The molecule has 0 saturated heterocycles. The molecular formula is C16H28IN5O4. The van der Waals surface area contributed by atoms with E-state index in [1.54, 1.807) is 26.3 Å². The Morgan fingerprint density at radius 1 is 1.12 bits per heavy atom. The van der Waals surface area contributed by atoms with Gasteiger partial charge in [-0.3, -0.25) is 15.1 Å². The predicted octanol–water partition coefficient (Wildman–Crippen LogP) is 1.84. The van der Waals surface area contributed by atoms with Crippen molar-refractivity contribution in [3.05, 3.63) is 34.4 Å². The van der Waals surface area contributed by atoms with E-state index in [1.165, 1.54) is 12.1 Å². The van der Waals surface area contributed by atoms with Gasteiger partial charge in [0.2, 0.25) is 0 Å². The van der Waals surface area contributed by atoms with Gasteiger partial charge < -0.3 is 25.4 Å². The van der Waals surface area contributed by atoms with E-state index in [2.05, 4.69) is 20.9 Å². The van der Waals surface area contributed by atoms with E-state index in [0.29, 0.717) is 32.9 Å². The van der Waals surface area contributed by atoms with Gasteiger partial charge in [-0.25, -0.2) is 0 Å². The van der Waals surface area contributed by atoms with Crippen LogP contribution in [-0.2, 0) is 9.47 Å². The minimum absolute atomic E-state index is 0. The number of nitro groups is 1. The van der Waals surface area contributed by atoms with E-state index >= 15 is 0 Å². The Morgan fingerprint density at radius 2 is 1.81 bits per heavy atom. The Bertz CT molecular complexity index is 528. The summed E-state index contributed by atoms with van der Waals surface area (Å²) in [5, 5.41) is 20.2. The molecule has 3 N–H and O–H groups in total. The highest BCUT2D eigenvalue weighted by Crippen LogP contribution is 2.14. The summed E-state index contributed by atoms with van der Waals surface area (Å²) in [4.78, 5) is 14.3. The summed E-state index contributed by atoms with van der Waals surface area (Å²) in [6.45, 7) is 3.99. The Kier molecular flexibility index (Phi) is 14.6. The van der Waals surface area contributed by atoms with Crippen molar-refractivity contribution in [1.29, 1.82) is 0 Å². The molecule has 10 heteroatoms. The first-order valence-electron chi connectivity index (χ1n) is 8.17. The normalized spacial score (nSPS) is 10.8. The number of methoxy groups -OCH3 is 1. The molecule has 26 heavy (non-hydrogen) atoms. The summed E-state index contributed by atoms with van der Waals surface area (Å²) in [5.41, 5.74) is 0.919. The zero-order chi connectivity index (χ0) is 18.3. The highest BCUT2D eigenvalue weighted by Gasteiger charge is 2.03. The number of hydrogen-bond donors (Lipinski definition) is 3. The fourth-order valence-corrected chi connectivity index (χ4v) is 1.93. The number of rotatable bonds is 12. The van der Waals surface area contributed by atoms with Crippen LogP contribution in [0.4, 0.5) is 11.4 Å². The molecule has 9 nitrogen and oxygen atoms in total. The topological polar surface area (TPSA) is 110 Å². The number of aliphatic imine (C=N–C) groups is 1. The van der Waals surface area contributed by atoms with Gasteiger partial charge in [-0.05, 0) is 18.6 Å². The molecule has 0 spiro atoms. The molecule has 0 saturated carbocycles. The fourth-order valence-electron chi connectivity index (χ4n) is 1.93. The number of halogens is 1. The predicted molar refractivity (Wildman–Crippen MR) is 114 cm³/mol. The van der Waals surface area contributed by atoms with Crippen LogP contribution in [-0.4, -0.2) is 64.5 Å². The van der Waals surface area contributed by atoms with E-state index in [4.69, 9.17) is 9.47 Å². The monoisotopic (exact) mass is 481 g/mol. The lowest BCUT2D eigenvalue weighted by Gasteiger charge is -2.12. The number of nitro benzene ring substituents is 1. The van der Waals surface area contributed by atoms with Crippen molar-refractivity contribution >= 4 is 41.3 Å². The van der Waals surface area contributed by atoms with E-state index in [1.807, 2.05) is 0 Å². The second kappa shape index (κ2) is 15.6. The van der Waals surface area contributed by atoms with Crippen LogP contribution in [0.1, 0.15) is 6.42 Å². The first-order chi connectivity index (χ1) is 12.2. The molecule has 0 aliphatic heterocycles. The number of benzene rings is 1. The van der Waals surface area contributed by atoms with E-state index < -0.39 is 4.92 Å². The molecule has 0 unspecified atom stereocenters. The Labute approximate surface area is 171 Å². The van der Waals surface area contributed by atoms with Crippen LogP contribution in [0.2, 0.25) is 0 Å². The third-order valence-electron chi connectivity index (χ3n) is 3.24. The molecule has 1 aromatic rings. The summed E-state index contributed by atoms with van der Waals surface area (Å²) < 4.78 is 10.3. The van der Waals surface area contributed by atoms with Crippen molar-refractivity contribution in [2.75, 3.05) is 58.9 Å². The average Bonchev–Trinajstić information content (AvgIpc) is 2.63. The molecule has 0 amide bonds. The lowest BCUT2D eigenvalue weighted by Crippen LogP contribution is -2.40. The number of hydrogen-bond acceptors (Lipinski definition) is 6. The van der Waals surface area contributed by atoms with Crippen molar-refractivity contribution < 1.29 is 14.4 Å². The van der Waals surface area contributed by atoms with Crippen molar-refractivity contribution in [3.63, 3.8) is 0 Å². The van der Waals surface area contributed by atoms with Crippen molar-refractivity contribution in [2.45, 2.75) is 6.42 Å². The van der Waals surface area contributed by atoms with Gasteiger partial charge in [0, 0.05) is 58.2 Å². The van der Waals surface area contributed by atoms with Gasteiger partial charge in [0.15, 0.2) is 5.96 Å². The second-order valence-electron chi connectivity index (χ2n) is 5.12.